The number of aryl methyl sites for hydroxylation is 1. The molecule has 17 heavy (non-hydrogen) atoms. The van der Waals surface area contributed by atoms with E-state index in [-0.39, 0.29) is 5.82 Å². The molecule has 0 spiro atoms. The van der Waals surface area contributed by atoms with Crippen LogP contribution in [-0.2, 0) is 12.8 Å². The third-order valence-electron chi connectivity index (χ3n) is 3.67. The molecule has 1 unspecified atom stereocenters. The largest absolute Gasteiger partial charge is 0.356 e. The van der Waals surface area contributed by atoms with Crippen LogP contribution in [0.25, 0.3) is 10.9 Å². The van der Waals surface area contributed by atoms with Gasteiger partial charge in [-0.15, -0.1) is 0 Å². The van der Waals surface area contributed by atoms with Crippen molar-refractivity contribution in [3.63, 3.8) is 0 Å². The fraction of sp³-hybridized carbons (Fsp3) is 0.429. The lowest BCUT2D eigenvalue weighted by Crippen LogP contribution is -2.34. The van der Waals surface area contributed by atoms with Crippen LogP contribution in [0.3, 0.4) is 0 Å². The van der Waals surface area contributed by atoms with Crippen LogP contribution in [0, 0.1) is 5.82 Å². The highest BCUT2D eigenvalue weighted by atomic mass is 19.1. The Bertz CT molecular complexity index is 544. The standard InChI is InChI=1S/C14H17FN2/c1-2-16-9-6-7-13-11(8-9)10-4-3-5-12(15)14(10)17-13/h3-5,9,16-17H,2,6-8H2,1H3. The number of nitrogens with one attached hydrogen (secondary N) is 2. The van der Waals surface area contributed by atoms with Crippen molar-refractivity contribution >= 4 is 10.9 Å². The van der Waals surface area contributed by atoms with Crippen LogP contribution >= 0.6 is 0 Å². The molecule has 0 fully saturated rings. The molecule has 0 aliphatic heterocycles. The van der Waals surface area contributed by atoms with Gasteiger partial charge in [0.05, 0.1) is 5.52 Å². The van der Waals surface area contributed by atoms with Gasteiger partial charge in [-0.2, -0.15) is 0 Å². The molecule has 0 amide bonds. The van der Waals surface area contributed by atoms with E-state index in [2.05, 4.69) is 17.2 Å². The van der Waals surface area contributed by atoms with Gasteiger partial charge in [0.2, 0.25) is 0 Å². The van der Waals surface area contributed by atoms with Gasteiger partial charge in [0, 0.05) is 17.1 Å². The first-order chi connectivity index (χ1) is 8.29. The zero-order valence-corrected chi connectivity index (χ0v) is 10.0. The molecule has 1 aromatic heterocycles. The minimum Gasteiger partial charge on any atom is -0.356 e. The van der Waals surface area contributed by atoms with Gasteiger partial charge in [-0.1, -0.05) is 19.1 Å². The number of benzene rings is 1. The molecule has 1 aliphatic carbocycles. The summed E-state index contributed by atoms with van der Waals surface area (Å²) in [5.41, 5.74) is 3.20. The summed E-state index contributed by atoms with van der Waals surface area (Å²) in [6.07, 6.45) is 3.16. The Morgan fingerprint density at radius 1 is 1.47 bits per heavy atom. The lowest BCUT2D eigenvalue weighted by Gasteiger charge is -2.23. The molecule has 3 rings (SSSR count). The van der Waals surface area contributed by atoms with E-state index in [9.17, 15) is 4.39 Å². The van der Waals surface area contributed by atoms with E-state index in [1.54, 1.807) is 6.07 Å². The number of halogens is 1. The summed E-state index contributed by atoms with van der Waals surface area (Å²) in [4.78, 5) is 3.24. The number of aromatic amines is 1. The van der Waals surface area contributed by atoms with E-state index in [1.807, 2.05) is 6.07 Å². The first kappa shape index (κ1) is 10.8. The Labute approximate surface area is 100 Å². The lowest BCUT2D eigenvalue weighted by atomic mass is 9.91. The van der Waals surface area contributed by atoms with Crippen molar-refractivity contribution in [3.8, 4) is 0 Å². The van der Waals surface area contributed by atoms with Gasteiger partial charge in [-0.05, 0) is 37.4 Å². The molecular formula is C14H17FN2. The number of hydrogen-bond donors (Lipinski definition) is 2. The van der Waals surface area contributed by atoms with E-state index in [1.165, 1.54) is 17.3 Å². The van der Waals surface area contributed by atoms with Crippen LogP contribution in [0.1, 0.15) is 24.6 Å². The number of para-hydroxylation sites is 1. The maximum absolute atomic E-state index is 13.7. The van der Waals surface area contributed by atoms with E-state index in [4.69, 9.17) is 0 Å². The van der Waals surface area contributed by atoms with E-state index >= 15 is 0 Å². The molecule has 1 atom stereocenters. The Hall–Kier alpha value is -1.35. The lowest BCUT2D eigenvalue weighted by molar-refractivity contribution is 0.470. The van der Waals surface area contributed by atoms with Gasteiger partial charge in [0.1, 0.15) is 5.82 Å². The Balaban J connectivity index is 2.06. The highest BCUT2D eigenvalue weighted by Gasteiger charge is 2.22. The van der Waals surface area contributed by atoms with Crippen molar-refractivity contribution in [3.05, 3.63) is 35.3 Å². The average Bonchev–Trinajstić information content (AvgIpc) is 2.70. The summed E-state index contributed by atoms with van der Waals surface area (Å²) in [5.74, 6) is -0.142. The van der Waals surface area contributed by atoms with Crippen LogP contribution in [0.4, 0.5) is 4.39 Å². The second-order valence-corrected chi connectivity index (χ2v) is 4.74. The average molecular weight is 232 g/mol. The van der Waals surface area contributed by atoms with Crippen molar-refractivity contribution in [1.82, 2.24) is 10.3 Å². The summed E-state index contributed by atoms with van der Waals surface area (Å²) in [7, 11) is 0. The fourth-order valence-electron chi connectivity index (χ4n) is 2.87. The summed E-state index contributed by atoms with van der Waals surface area (Å²) >= 11 is 0. The third-order valence-corrected chi connectivity index (χ3v) is 3.67. The molecule has 2 aromatic rings. The van der Waals surface area contributed by atoms with Gasteiger partial charge < -0.3 is 10.3 Å². The smallest absolute Gasteiger partial charge is 0.147 e. The fourth-order valence-corrected chi connectivity index (χ4v) is 2.87. The number of rotatable bonds is 2. The molecular weight excluding hydrogens is 215 g/mol. The van der Waals surface area contributed by atoms with Crippen LogP contribution in [0.2, 0.25) is 0 Å². The molecule has 3 heteroatoms. The topological polar surface area (TPSA) is 27.8 Å². The zero-order chi connectivity index (χ0) is 11.8. The molecule has 0 saturated heterocycles. The minimum absolute atomic E-state index is 0.142. The van der Waals surface area contributed by atoms with Gasteiger partial charge >= 0.3 is 0 Å². The third kappa shape index (κ3) is 1.75. The number of aromatic nitrogens is 1. The SMILES string of the molecule is CCNC1CCc2[nH]c3c(F)cccc3c2C1. The number of likely N-dealkylation sites (N-methyl/N-ethyl adjacent to an activating group) is 1. The predicted octanol–water partition coefficient (Wildman–Crippen LogP) is 2.77. The highest BCUT2D eigenvalue weighted by Crippen LogP contribution is 2.30. The Morgan fingerprint density at radius 3 is 3.18 bits per heavy atom. The quantitative estimate of drug-likeness (QED) is 0.818. The van der Waals surface area contributed by atoms with Crippen molar-refractivity contribution in [2.75, 3.05) is 6.54 Å². The minimum atomic E-state index is -0.142. The summed E-state index contributed by atoms with van der Waals surface area (Å²) in [5, 5.41) is 4.54. The summed E-state index contributed by atoms with van der Waals surface area (Å²) in [6, 6.07) is 5.87. The van der Waals surface area contributed by atoms with Gasteiger partial charge in [-0.3, -0.25) is 0 Å². The summed E-state index contributed by atoms with van der Waals surface area (Å²) < 4.78 is 13.7. The van der Waals surface area contributed by atoms with Gasteiger partial charge in [0.15, 0.2) is 0 Å². The van der Waals surface area contributed by atoms with Crippen molar-refractivity contribution in [2.24, 2.45) is 0 Å². The van der Waals surface area contributed by atoms with Crippen LogP contribution in [0.5, 0.6) is 0 Å². The second kappa shape index (κ2) is 4.15. The van der Waals surface area contributed by atoms with Gasteiger partial charge in [-0.25, -0.2) is 4.39 Å². The van der Waals surface area contributed by atoms with Crippen molar-refractivity contribution < 1.29 is 4.39 Å². The monoisotopic (exact) mass is 232 g/mol. The first-order valence-corrected chi connectivity index (χ1v) is 6.31. The van der Waals surface area contributed by atoms with Crippen LogP contribution in [-0.4, -0.2) is 17.6 Å². The molecule has 2 N–H and O–H groups in total. The maximum atomic E-state index is 13.7. The number of hydrogen-bond acceptors (Lipinski definition) is 1. The Morgan fingerprint density at radius 2 is 2.35 bits per heavy atom. The second-order valence-electron chi connectivity index (χ2n) is 4.74. The normalized spacial score (nSPS) is 19.5. The van der Waals surface area contributed by atoms with Crippen LogP contribution in [0.15, 0.2) is 18.2 Å². The van der Waals surface area contributed by atoms with Crippen molar-refractivity contribution in [1.29, 1.82) is 0 Å². The number of H-pyrrole nitrogens is 1. The molecule has 90 valence electrons. The molecule has 0 saturated carbocycles. The first-order valence-electron chi connectivity index (χ1n) is 6.31. The molecule has 1 aliphatic rings. The van der Waals surface area contributed by atoms with Gasteiger partial charge in [0.25, 0.3) is 0 Å². The van der Waals surface area contributed by atoms with Crippen molar-refractivity contribution in [2.45, 2.75) is 32.2 Å². The molecule has 2 nitrogen and oxygen atoms in total. The molecule has 1 aromatic carbocycles. The van der Waals surface area contributed by atoms with E-state index in [0.29, 0.717) is 11.6 Å². The zero-order valence-electron chi connectivity index (χ0n) is 10.0. The molecule has 0 radical (unpaired) electrons. The maximum Gasteiger partial charge on any atom is 0.147 e. The Kier molecular flexibility index (Phi) is 2.63. The molecule has 0 bridgehead atoms. The summed E-state index contributed by atoms with van der Waals surface area (Å²) in [6.45, 7) is 3.13. The highest BCUT2D eigenvalue weighted by molar-refractivity contribution is 5.85. The molecule has 1 heterocycles. The van der Waals surface area contributed by atoms with E-state index < -0.39 is 0 Å². The van der Waals surface area contributed by atoms with E-state index in [0.717, 1.165) is 31.2 Å². The number of fused-ring (bicyclic) bond motifs is 3. The van der Waals surface area contributed by atoms with Crippen LogP contribution < -0.4 is 5.32 Å². The predicted molar refractivity (Wildman–Crippen MR) is 67.7 cm³/mol.